The SMILES string of the molecule is C=C(C)C(=O)OCCCC(F)(F)C(F)(F)C(F)(F)C(F)(F)C(F)(F)CCC. The van der Waals surface area contributed by atoms with Gasteiger partial charge in [0.25, 0.3) is 0 Å². The molecule has 0 N–H and O–H groups in total. The molecule has 0 amide bonds. The maximum atomic E-state index is 13.5. The number of ether oxygens (including phenoxy) is 1. The molecule has 27 heavy (non-hydrogen) atoms. The van der Waals surface area contributed by atoms with Crippen molar-refractivity contribution in [3.8, 4) is 0 Å². The second kappa shape index (κ2) is 8.26. The molecule has 0 unspecified atom stereocenters. The van der Waals surface area contributed by atoms with Crippen LogP contribution in [0.3, 0.4) is 0 Å². The summed E-state index contributed by atoms with van der Waals surface area (Å²) >= 11 is 0. The molecule has 160 valence electrons. The molecule has 12 heteroatoms. The van der Waals surface area contributed by atoms with E-state index in [0.29, 0.717) is 0 Å². The Morgan fingerprint density at radius 2 is 1.22 bits per heavy atom. The zero-order valence-corrected chi connectivity index (χ0v) is 14.3. The van der Waals surface area contributed by atoms with Crippen LogP contribution in [0.15, 0.2) is 12.2 Å². The highest BCUT2D eigenvalue weighted by Crippen LogP contribution is 2.58. The normalized spacial score (nSPS) is 14.2. The van der Waals surface area contributed by atoms with Crippen LogP contribution in [0.4, 0.5) is 43.9 Å². The third-order valence-corrected chi connectivity index (χ3v) is 3.49. The van der Waals surface area contributed by atoms with Gasteiger partial charge in [0.15, 0.2) is 0 Å². The van der Waals surface area contributed by atoms with Crippen molar-refractivity contribution in [1.29, 1.82) is 0 Å². The predicted octanol–water partition coefficient (Wildman–Crippen LogP) is 5.86. The summed E-state index contributed by atoms with van der Waals surface area (Å²) in [6, 6.07) is 0. The Balaban J connectivity index is 5.42. The van der Waals surface area contributed by atoms with Crippen molar-refractivity contribution in [2.75, 3.05) is 6.61 Å². The van der Waals surface area contributed by atoms with Gasteiger partial charge in [0.05, 0.1) is 6.61 Å². The first-order valence-corrected chi connectivity index (χ1v) is 7.60. The summed E-state index contributed by atoms with van der Waals surface area (Å²) < 4.78 is 139. The Hall–Kier alpha value is -1.49. The molecular formula is C15H18F10O2. The zero-order valence-electron chi connectivity index (χ0n) is 14.3. The molecule has 0 saturated heterocycles. The van der Waals surface area contributed by atoms with Crippen molar-refractivity contribution in [3.05, 3.63) is 12.2 Å². The summed E-state index contributed by atoms with van der Waals surface area (Å²) in [6.45, 7) is 4.26. The van der Waals surface area contributed by atoms with Crippen LogP contribution in [0.2, 0.25) is 0 Å². The lowest BCUT2D eigenvalue weighted by molar-refractivity contribution is -0.402. The van der Waals surface area contributed by atoms with Gasteiger partial charge in [-0.15, -0.1) is 0 Å². The van der Waals surface area contributed by atoms with Gasteiger partial charge in [-0.2, -0.15) is 43.9 Å². The van der Waals surface area contributed by atoms with Crippen LogP contribution in [0.5, 0.6) is 0 Å². The zero-order chi connectivity index (χ0) is 21.9. The fourth-order valence-electron chi connectivity index (χ4n) is 1.87. The van der Waals surface area contributed by atoms with Gasteiger partial charge in [0, 0.05) is 18.4 Å². The van der Waals surface area contributed by atoms with Gasteiger partial charge in [-0.3, -0.25) is 0 Å². The smallest absolute Gasteiger partial charge is 0.384 e. The molecule has 0 spiro atoms. The molecule has 0 rings (SSSR count). The number of halogens is 10. The van der Waals surface area contributed by atoms with E-state index >= 15 is 0 Å². The van der Waals surface area contributed by atoms with E-state index < -0.39 is 67.9 Å². The highest BCUT2D eigenvalue weighted by molar-refractivity contribution is 5.86. The summed E-state index contributed by atoms with van der Waals surface area (Å²) in [5.41, 5.74) is -0.170. The van der Waals surface area contributed by atoms with E-state index in [1.165, 1.54) is 6.92 Å². The average Bonchev–Trinajstić information content (AvgIpc) is 2.50. The summed E-state index contributed by atoms with van der Waals surface area (Å²) in [4.78, 5) is 11.0. The second-order valence-electron chi connectivity index (χ2n) is 5.90. The minimum absolute atomic E-state index is 0.170. The number of hydrogen-bond acceptors (Lipinski definition) is 2. The van der Waals surface area contributed by atoms with Gasteiger partial charge in [0.1, 0.15) is 0 Å². The summed E-state index contributed by atoms with van der Waals surface area (Å²) in [5.74, 6) is -33.1. The fourth-order valence-corrected chi connectivity index (χ4v) is 1.87. The molecule has 0 saturated carbocycles. The van der Waals surface area contributed by atoms with E-state index in [-0.39, 0.29) is 5.57 Å². The van der Waals surface area contributed by atoms with Crippen molar-refractivity contribution >= 4 is 5.97 Å². The molecule has 2 nitrogen and oxygen atoms in total. The molecule has 0 radical (unpaired) electrons. The maximum Gasteiger partial charge on any atom is 0.384 e. The Kier molecular flexibility index (Phi) is 7.80. The molecule has 0 bridgehead atoms. The number of alkyl halides is 10. The largest absolute Gasteiger partial charge is 0.462 e. The molecule has 0 heterocycles. The van der Waals surface area contributed by atoms with Crippen LogP contribution in [0.25, 0.3) is 0 Å². The quantitative estimate of drug-likeness (QED) is 0.181. The van der Waals surface area contributed by atoms with Crippen molar-refractivity contribution in [2.24, 2.45) is 0 Å². The number of rotatable bonds is 11. The van der Waals surface area contributed by atoms with E-state index in [2.05, 4.69) is 11.3 Å². The van der Waals surface area contributed by atoms with Crippen LogP contribution in [-0.2, 0) is 9.53 Å². The van der Waals surface area contributed by atoms with Gasteiger partial charge in [-0.25, -0.2) is 4.79 Å². The number of esters is 1. The average molecular weight is 420 g/mol. The van der Waals surface area contributed by atoms with Crippen LogP contribution < -0.4 is 0 Å². The van der Waals surface area contributed by atoms with E-state index in [0.717, 1.165) is 6.92 Å². The van der Waals surface area contributed by atoms with Crippen LogP contribution >= 0.6 is 0 Å². The Labute approximate surface area is 148 Å². The van der Waals surface area contributed by atoms with E-state index in [1.807, 2.05) is 0 Å². The molecular weight excluding hydrogens is 402 g/mol. The van der Waals surface area contributed by atoms with Crippen molar-refractivity contribution < 1.29 is 53.4 Å². The van der Waals surface area contributed by atoms with Crippen molar-refractivity contribution in [3.63, 3.8) is 0 Å². The molecule has 0 aliphatic heterocycles. The third-order valence-electron chi connectivity index (χ3n) is 3.49. The van der Waals surface area contributed by atoms with Gasteiger partial charge in [-0.1, -0.05) is 19.9 Å². The van der Waals surface area contributed by atoms with E-state index in [1.54, 1.807) is 0 Å². The lowest BCUT2D eigenvalue weighted by Gasteiger charge is -2.39. The number of hydrogen-bond donors (Lipinski definition) is 0. The molecule has 0 atom stereocenters. The Bertz CT molecular complexity index is 543. The molecule has 0 aliphatic rings. The topological polar surface area (TPSA) is 26.3 Å². The molecule has 0 aromatic rings. The molecule has 0 aromatic heterocycles. The van der Waals surface area contributed by atoms with Crippen molar-refractivity contribution in [1.82, 2.24) is 0 Å². The van der Waals surface area contributed by atoms with Gasteiger partial charge in [0.2, 0.25) is 0 Å². The van der Waals surface area contributed by atoms with Crippen LogP contribution in [-0.4, -0.2) is 42.2 Å². The monoisotopic (exact) mass is 420 g/mol. The highest BCUT2D eigenvalue weighted by Gasteiger charge is 2.85. The minimum Gasteiger partial charge on any atom is -0.462 e. The first-order valence-electron chi connectivity index (χ1n) is 7.60. The lowest BCUT2D eigenvalue weighted by Crippen LogP contribution is -2.67. The van der Waals surface area contributed by atoms with E-state index in [4.69, 9.17) is 0 Å². The first kappa shape index (κ1) is 25.5. The number of carbonyl (C=O) groups excluding carboxylic acids is 1. The van der Waals surface area contributed by atoms with Gasteiger partial charge >= 0.3 is 35.6 Å². The number of carbonyl (C=O) groups is 1. The lowest BCUT2D eigenvalue weighted by atomic mass is 9.91. The van der Waals surface area contributed by atoms with E-state index in [9.17, 15) is 48.7 Å². The summed E-state index contributed by atoms with van der Waals surface area (Å²) in [7, 11) is 0. The minimum atomic E-state index is -7.05. The standard InChI is InChI=1S/C15H18F10O2/c1-4-6-11(16,17)13(20,21)15(24,25)14(22,23)12(18,19)7-5-8-27-10(26)9(2)3/h2,4-8H2,1,3H3. The molecule has 0 fully saturated rings. The molecule has 0 aromatic carbocycles. The fraction of sp³-hybridized carbons (Fsp3) is 0.800. The van der Waals surface area contributed by atoms with Crippen LogP contribution in [0, 0.1) is 0 Å². The predicted molar refractivity (Wildman–Crippen MR) is 74.7 cm³/mol. The second-order valence-corrected chi connectivity index (χ2v) is 5.90. The Morgan fingerprint density at radius 3 is 1.59 bits per heavy atom. The van der Waals surface area contributed by atoms with Gasteiger partial charge in [-0.05, 0) is 13.3 Å². The van der Waals surface area contributed by atoms with Crippen molar-refractivity contribution in [2.45, 2.75) is 69.1 Å². The Morgan fingerprint density at radius 1 is 0.815 bits per heavy atom. The summed E-state index contributed by atoms with van der Waals surface area (Å²) in [6.07, 6.45) is -5.92. The first-order chi connectivity index (χ1) is 11.9. The summed E-state index contributed by atoms with van der Waals surface area (Å²) in [5, 5.41) is 0. The maximum absolute atomic E-state index is 13.5. The third kappa shape index (κ3) is 4.87. The highest BCUT2D eigenvalue weighted by atomic mass is 19.4. The van der Waals surface area contributed by atoms with Gasteiger partial charge < -0.3 is 4.74 Å². The molecule has 0 aliphatic carbocycles. The van der Waals surface area contributed by atoms with Crippen LogP contribution in [0.1, 0.15) is 39.5 Å².